The number of nitrogens with two attached hydrogens (primary N) is 2. The fraction of sp³-hybridized carbons (Fsp3) is 0.385. The van der Waals surface area contributed by atoms with Crippen LogP contribution in [0.4, 0.5) is 0 Å². The molecule has 0 aliphatic heterocycles. The zero-order valence-electron chi connectivity index (χ0n) is 9.98. The second-order valence-corrected chi connectivity index (χ2v) is 4.06. The van der Waals surface area contributed by atoms with Crippen LogP contribution in [-0.2, 0) is 16.0 Å². The van der Waals surface area contributed by atoms with Gasteiger partial charge in [0.05, 0.1) is 5.92 Å². The molecule has 2 amide bonds. The summed E-state index contributed by atoms with van der Waals surface area (Å²) in [6, 6.07) is 7.70. The molecule has 92 valence electrons. The number of aryl methyl sites for hydroxylation is 1. The molecule has 0 aromatic heterocycles. The standard InChI is InChI=1S/C13H18N2O2/c1-2-9-3-5-10(6-4-9)11(13(15)17)7-8-12(14)16/h3-6,11H,2,7-8H2,1H3,(H2,14,16)(H2,15,17). The maximum atomic E-state index is 11.3. The molecule has 4 heteroatoms. The number of carbonyl (C=O) groups is 2. The molecule has 1 aromatic carbocycles. The minimum absolute atomic E-state index is 0.170. The average Bonchev–Trinajstić information content (AvgIpc) is 2.29. The van der Waals surface area contributed by atoms with Crippen LogP contribution in [0.5, 0.6) is 0 Å². The van der Waals surface area contributed by atoms with Crippen LogP contribution in [0.1, 0.15) is 36.8 Å². The van der Waals surface area contributed by atoms with E-state index in [9.17, 15) is 9.59 Å². The van der Waals surface area contributed by atoms with Crippen molar-refractivity contribution in [3.63, 3.8) is 0 Å². The second-order valence-electron chi connectivity index (χ2n) is 4.06. The van der Waals surface area contributed by atoms with Gasteiger partial charge >= 0.3 is 0 Å². The lowest BCUT2D eigenvalue weighted by atomic mass is 9.92. The number of carbonyl (C=O) groups excluding carboxylic acids is 2. The highest BCUT2D eigenvalue weighted by Gasteiger charge is 2.18. The van der Waals surface area contributed by atoms with E-state index in [1.54, 1.807) is 0 Å². The summed E-state index contributed by atoms with van der Waals surface area (Å²) in [6.45, 7) is 2.06. The highest BCUT2D eigenvalue weighted by Crippen LogP contribution is 2.21. The molecule has 4 nitrogen and oxygen atoms in total. The number of rotatable bonds is 6. The number of benzene rings is 1. The SMILES string of the molecule is CCc1ccc(C(CCC(N)=O)C(N)=O)cc1. The lowest BCUT2D eigenvalue weighted by Crippen LogP contribution is -2.23. The Morgan fingerprint density at radius 1 is 1.18 bits per heavy atom. The van der Waals surface area contributed by atoms with E-state index in [2.05, 4.69) is 6.92 Å². The summed E-state index contributed by atoms with van der Waals surface area (Å²) in [5, 5.41) is 0. The van der Waals surface area contributed by atoms with E-state index in [0.717, 1.165) is 12.0 Å². The highest BCUT2D eigenvalue weighted by molar-refractivity contribution is 5.83. The minimum Gasteiger partial charge on any atom is -0.370 e. The summed E-state index contributed by atoms with van der Waals surface area (Å²) in [4.78, 5) is 22.1. The van der Waals surface area contributed by atoms with E-state index < -0.39 is 17.7 Å². The predicted octanol–water partition coefficient (Wildman–Crippen LogP) is 1.08. The van der Waals surface area contributed by atoms with Crippen molar-refractivity contribution in [1.29, 1.82) is 0 Å². The van der Waals surface area contributed by atoms with Gasteiger partial charge in [0.2, 0.25) is 11.8 Å². The van der Waals surface area contributed by atoms with Gasteiger partial charge < -0.3 is 11.5 Å². The van der Waals surface area contributed by atoms with Gasteiger partial charge in [-0.05, 0) is 24.0 Å². The van der Waals surface area contributed by atoms with E-state index in [0.29, 0.717) is 6.42 Å². The van der Waals surface area contributed by atoms with Gasteiger partial charge in [-0.15, -0.1) is 0 Å². The van der Waals surface area contributed by atoms with Crippen LogP contribution in [0.2, 0.25) is 0 Å². The first-order valence-corrected chi connectivity index (χ1v) is 5.71. The van der Waals surface area contributed by atoms with Crippen LogP contribution in [0.15, 0.2) is 24.3 Å². The number of hydrogen-bond acceptors (Lipinski definition) is 2. The van der Waals surface area contributed by atoms with Gasteiger partial charge in [-0.1, -0.05) is 31.2 Å². The highest BCUT2D eigenvalue weighted by atomic mass is 16.1. The fourth-order valence-electron chi connectivity index (χ4n) is 1.75. The Morgan fingerprint density at radius 2 is 1.76 bits per heavy atom. The van der Waals surface area contributed by atoms with Crippen LogP contribution >= 0.6 is 0 Å². The van der Waals surface area contributed by atoms with E-state index in [-0.39, 0.29) is 6.42 Å². The molecule has 17 heavy (non-hydrogen) atoms. The van der Waals surface area contributed by atoms with E-state index in [1.807, 2.05) is 24.3 Å². The van der Waals surface area contributed by atoms with E-state index in [4.69, 9.17) is 11.5 Å². The maximum Gasteiger partial charge on any atom is 0.224 e. The molecule has 0 heterocycles. The third kappa shape index (κ3) is 3.90. The summed E-state index contributed by atoms with van der Waals surface area (Å²) < 4.78 is 0. The molecule has 0 saturated carbocycles. The molecule has 4 N–H and O–H groups in total. The van der Waals surface area contributed by atoms with Crippen molar-refractivity contribution >= 4 is 11.8 Å². The molecule has 1 aromatic rings. The van der Waals surface area contributed by atoms with Crippen LogP contribution in [0.3, 0.4) is 0 Å². The van der Waals surface area contributed by atoms with Crippen molar-refractivity contribution in [2.45, 2.75) is 32.1 Å². The Balaban J connectivity index is 2.81. The number of amides is 2. The van der Waals surface area contributed by atoms with Crippen LogP contribution < -0.4 is 11.5 Å². The first kappa shape index (κ1) is 13.2. The molecule has 0 spiro atoms. The van der Waals surface area contributed by atoms with Crippen LogP contribution in [0.25, 0.3) is 0 Å². The molecule has 0 radical (unpaired) electrons. The quantitative estimate of drug-likeness (QED) is 0.771. The molecular weight excluding hydrogens is 216 g/mol. The molecule has 1 rings (SSSR count). The Hall–Kier alpha value is -1.84. The summed E-state index contributed by atoms with van der Waals surface area (Å²) in [5.74, 6) is -1.27. The first-order valence-electron chi connectivity index (χ1n) is 5.71. The largest absolute Gasteiger partial charge is 0.370 e. The van der Waals surface area contributed by atoms with Crippen molar-refractivity contribution in [1.82, 2.24) is 0 Å². The fourth-order valence-corrected chi connectivity index (χ4v) is 1.75. The van der Waals surface area contributed by atoms with Crippen molar-refractivity contribution in [3.05, 3.63) is 35.4 Å². The smallest absolute Gasteiger partial charge is 0.224 e. The van der Waals surface area contributed by atoms with Gasteiger partial charge in [0, 0.05) is 6.42 Å². The maximum absolute atomic E-state index is 11.3. The van der Waals surface area contributed by atoms with Crippen molar-refractivity contribution in [2.75, 3.05) is 0 Å². The molecule has 0 saturated heterocycles. The van der Waals surface area contributed by atoms with Gasteiger partial charge in [0.1, 0.15) is 0 Å². The third-order valence-corrected chi connectivity index (χ3v) is 2.81. The summed E-state index contributed by atoms with van der Waals surface area (Å²) in [5.41, 5.74) is 12.5. The van der Waals surface area contributed by atoms with Gasteiger partial charge in [0.15, 0.2) is 0 Å². The van der Waals surface area contributed by atoms with Crippen molar-refractivity contribution in [2.24, 2.45) is 11.5 Å². The number of primary amides is 2. The summed E-state index contributed by atoms with van der Waals surface area (Å²) >= 11 is 0. The number of hydrogen-bond donors (Lipinski definition) is 2. The molecule has 0 aliphatic carbocycles. The normalized spacial score (nSPS) is 12.1. The van der Waals surface area contributed by atoms with Gasteiger partial charge in [-0.3, -0.25) is 9.59 Å². The van der Waals surface area contributed by atoms with E-state index >= 15 is 0 Å². The monoisotopic (exact) mass is 234 g/mol. The Kier molecular flexibility index (Phi) is 4.69. The molecule has 1 unspecified atom stereocenters. The Bertz CT molecular complexity index is 398. The van der Waals surface area contributed by atoms with Crippen LogP contribution in [-0.4, -0.2) is 11.8 Å². The molecule has 1 atom stereocenters. The Morgan fingerprint density at radius 3 is 2.18 bits per heavy atom. The predicted molar refractivity (Wildman–Crippen MR) is 66.2 cm³/mol. The van der Waals surface area contributed by atoms with Crippen LogP contribution in [0, 0.1) is 0 Å². The van der Waals surface area contributed by atoms with Crippen molar-refractivity contribution in [3.8, 4) is 0 Å². The summed E-state index contributed by atoms with van der Waals surface area (Å²) in [6.07, 6.45) is 1.49. The topological polar surface area (TPSA) is 86.2 Å². The zero-order valence-corrected chi connectivity index (χ0v) is 9.98. The molecule has 0 aliphatic rings. The molecule has 0 bridgehead atoms. The third-order valence-electron chi connectivity index (χ3n) is 2.81. The van der Waals surface area contributed by atoms with Crippen molar-refractivity contribution < 1.29 is 9.59 Å². The summed E-state index contributed by atoms with van der Waals surface area (Å²) in [7, 11) is 0. The molecular formula is C13H18N2O2. The molecule has 0 fully saturated rings. The first-order chi connectivity index (χ1) is 8.04. The Labute approximate surface area is 101 Å². The van der Waals surface area contributed by atoms with E-state index in [1.165, 1.54) is 5.56 Å². The minimum atomic E-state index is -0.437. The van der Waals surface area contributed by atoms with Gasteiger partial charge in [-0.25, -0.2) is 0 Å². The zero-order chi connectivity index (χ0) is 12.8. The van der Waals surface area contributed by atoms with Gasteiger partial charge in [-0.2, -0.15) is 0 Å². The van der Waals surface area contributed by atoms with Gasteiger partial charge in [0.25, 0.3) is 0 Å². The second kappa shape index (κ2) is 6.03. The average molecular weight is 234 g/mol. The lowest BCUT2D eigenvalue weighted by Gasteiger charge is -2.13. The lowest BCUT2D eigenvalue weighted by molar-refractivity contribution is -0.120.